The Morgan fingerprint density at radius 2 is 1.69 bits per heavy atom. The summed E-state index contributed by atoms with van der Waals surface area (Å²) in [5.41, 5.74) is 1.69. The number of rotatable bonds is 12. The number of hydroxylamine groups is 2. The number of aromatic nitrogens is 6. The van der Waals surface area contributed by atoms with Gasteiger partial charge in [0.1, 0.15) is 42.5 Å². The van der Waals surface area contributed by atoms with E-state index in [4.69, 9.17) is 82.3 Å². The molecule has 0 spiro atoms. The molecule has 3 unspecified atom stereocenters. The molecular formula is C47H39Cl5F4N8O7. The van der Waals surface area contributed by atoms with E-state index in [-0.39, 0.29) is 29.6 Å². The van der Waals surface area contributed by atoms with E-state index in [1.54, 1.807) is 66.6 Å². The van der Waals surface area contributed by atoms with E-state index in [2.05, 4.69) is 29.6 Å². The lowest BCUT2D eigenvalue weighted by Crippen LogP contribution is -2.39. The van der Waals surface area contributed by atoms with Crippen LogP contribution in [0.4, 0.5) is 17.6 Å². The van der Waals surface area contributed by atoms with E-state index >= 15 is 0 Å². The van der Waals surface area contributed by atoms with Gasteiger partial charge in [0.15, 0.2) is 11.5 Å². The number of benzene rings is 4. The summed E-state index contributed by atoms with van der Waals surface area (Å²) in [5.74, 6) is -0.579. The molecule has 1 saturated heterocycles. The summed E-state index contributed by atoms with van der Waals surface area (Å²) in [5, 5.41) is 19.9. The molecule has 0 bridgehead atoms. The number of amides is 1. The second-order valence-corrected chi connectivity index (χ2v) is 17.7. The first kappa shape index (κ1) is 52.7. The van der Waals surface area contributed by atoms with Gasteiger partial charge in [-0.15, -0.1) is 8.78 Å². The van der Waals surface area contributed by atoms with Crippen LogP contribution in [0.1, 0.15) is 53.0 Å². The Morgan fingerprint density at radius 1 is 0.972 bits per heavy atom. The van der Waals surface area contributed by atoms with Crippen molar-refractivity contribution >= 4 is 63.9 Å². The van der Waals surface area contributed by atoms with Gasteiger partial charge in [0.05, 0.1) is 42.0 Å². The molecule has 4 aromatic carbocycles. The molecule has 2 aliphatic heterocycles. The van der Waals surface area contributed by atoms with E-state index in [1.807, 2.05) is 25.1 Å². The van der Waals surface area contributed by atoms with Crippen molar-refractivity contribution in [2.45, 2.75) is 57.5 Å². The minimum atomic E-state index is -3.67. The fourth-order valence-corrected chi connectivity index (χ4v) is 8.82. The molecule has 5 heterocycles. The van der Waals surface area contributed by atoms with Crippen LogP contribution in [0.3, 0.4) is 0 Å². The van der Waals surface area contributed by atoms with Gasteiger partial charge in [0.25, 0.3) is 12.3 Å². The number of hydrogen-bond acceptors (Lipinski definition) is 11. The van der Waals surface area contributed by atoms with Gasteiger partial charge in [-0.1, -0.05) is 70.1 Å². The van der Waals surface area contributed by atoms with Crippen LogP contribution in [0.5, 0.6) is 23.0 Å². The highest BCUT2D eigenvalue weighted by Gasteiger charge is 2.45. The molecule has 0 radical (unpaired) electrons. The summed E-state index contributed by atoms with van der Waals surface area (Å²) in [4.78, 5) is 24.6. The Morgan fingerprint density at radius 3 is 2.31 bits per heavy atom. The zero-order chi connectivity index (χ0) is 51.2. The Kier molecular flexibility index (Phi) is 16.8. The van der Waals surface area contributed by atoms with Crippen molar-refractivity contribution in [3.63, 3.8) is 0 Å². The predicted molar refractivity (Wildman–Crippen MR) is 254 cm³/mol. The molecule has 3 aromatic heterocycles. The van der Waals surface area contributed by atoms with E-state index in [0.717, 1.165) is 9.75 Å². The SMILES string of the molecule is CC1COC(Cn2cncn2)(c2ccc(Oc3ccc(Cl)cc3)cc2Cl)O1.CON(C(=O)c1cn(C)nc1C(F)F)C(C)Cc1c(Cl)cc(Cl)cc1Cl.N#Cc1c[nH]cc1-c1cccc2c1OC(F)(F)O2. The average Bonchev–Trinajstić information content (AvgIpc) is 4.18. The highest BCUT2D eigenvalue weighted by Crippen LogP contribution is 2.48. The van der Waals surface area contributed by atoms with E-state index in [9.17, 15) is 22.4 Å². The Hall–Kier alpha value is -6.08. The third-order valence-electron chi connectivity index (χ3n) is 10.5. The van der Waals surface area contributed by atoms with Gasteiger partial charge in [-0.25, -0.2) is 23.5 Å². The fourth-order valence-electron chi connectivity index (χ4n) is 7.41. The van der Waals surface area contributed by atoms with Gasteiger partial charge in [0.2, 0.25) is 5.79 Å². The number of fused-ring (bicyclic) bond motifs is 1. The predicted octanol–water partition coefficient (Wildman–Crippen LogP) is 12.5. The average molecular weight is 1080 g/mol. The van der Waals surface area contributed by atoms with Crippen LogP contribution in [0.15, 0.2) is 104 Å². The lowest BCUT2D eigenvalue weighted by Gasteiger charge is -2.29. The van der Waals surface area contributed by atoms with Gasteiger partial charge < -0.3 is 28.7 Å². The van der Waals surface area contributed by atoms with Gasteiger partial charge in [0, 0.05) is 62.4 Å². The number of ether oxygens (including phenoxy) is 5. The maximum Gasteiger partial charge on any atom is 0.586 e. The molecule has 1 N–H and O–H groups in total. The Balaban J connectivity index is 0.000000160. The first-order chi connectivity index (χ1) is 33.8. The maximum absolute atomic E-state index is 13.1. The molecule has 0 aliphatic carbocycles. The molecule has 71 heavy (non-hydrogen) atoms. The van der Waals surface area contributed by atoms with Crippen molar-refractivity contribution in [1.82, 2.24) is 34.6 Å². The second-order valence-electron chi connectivity index (χ2n) is 15.6. The van der Waals surface area contributed by atoms with Crippen molar-refractivity contribution < 1.29 is 50.9 Å². The zero-order valence-electron chi connectivity index (χ0n) is 37.6. The van der Waals surface area contributed by atoms with Crippen LogP contribution < -0.4 is 14.2 Å². The van der Waals surface area contributed by atoms with E-state index in [1.165, 1.54) is 51.1 Å². The lowest BCUT2D eigenvalue weighted by molar-refractivity contribution is -0.286. The van der Waals surface area contributed by atoms with Gasteiger partial charge in [-0.2, -0.15) is 15.5 Å². The number of nitrogens with zero attached hydrogens (tertiary/aromatic N) is 7. The summed E-state index contributed by atoms with van der Waals surface area (Å²) in [6.45, 7) is 4.44. The highest BCUT2D eigenvalue weighted by molar-refractivity contribution is 6.39. The van der Waals surface area contributed by atoms with Crippen LogP contribution in [0.2, 0.25) is 25.1 Å². The van der Waals surface area contributed by atoms with E-state index < -0.39 is 36.2 Å². The molecule has 0 saturated carbocycles. The first-order valence-corrected chi connectivity index (χ1v) is 22.9. The van der Waals surface area contributed by atoms with Crippen LogP contribution in [-0.2, 0) is 40.1 Å². The number of hydrogen-bond donors (Lipinski definition) is 1. The number of halogens is 9. The van der Waals surface area contributed by atoms with Crippen molar-refractivity contribution in [3.8, 4) is 40.2 Å². The quantitative estimate of drug-likeness (QED) is 0.0915. The zero-order valence-corrected chi connectivity index (χ0v) is 41.3. The molecule has 24 heteroatoms. The number of H-pyrrole nitrogens is 1. The van der Waals surface area contributed by atoms with Crippen LogP contribution in [0.25, 0.3) is 11.1 Å². The molecule has 372 valence electrons. The van der Waals surface area contributed by atoms with Crippen molar-refractivity contribution in [1.29, 1.82) is 5.26 Å². The number of aryl methyl sites for hydroxylation is 1. The number of carbonyl (C=O) groups excluding carboxylic acids is 1. The number of carbonyl (C=O) groups is 1. The number of nitrogens with one attached hydrogen (secondary N) is 1. The summed E-state index contributed by atoms with van der Waals surface area (Å²) in [7, 11) is 2.73. The maximum atomic E-state index is 13.1. The minimum absolute atomic E-state index is 0.0393. The van der Waals surface area contributed by atoms with Crippen molar-refractivity contribution in [3.05, 3.63) is 157 Å². The lowest BCUT2D eigenvalue weighted by atomic mass is 10.0. The second kappa shape index (κ2) is 22.6. The van der Waals surface area contributed by atoms with Crippen LogP contribution in [0, 0.1) is 11.3 Å². The molecule has 2 aliphatic rings. The molecule has 9 rings (SSSR count). The third-order valence-corrected chi connectivity index (χ3v) is 11.9. The summed E-state index contributed by atoms with van der Waals surface area (Å²) >= 11 is 30.7. The van der Waals surface area contributed by atoms with Crippen molar-refractivity contribution in [2.24, 2.45) is 7.05 Å². The summed E-state index contributed by atoms with van der Waals surface area (Å²) in [6, 6.07) is 21.6. The summed E-state index contributed by atoms with van der Waals surface area (Å²) < 4.78 is 81.9. The molecule has 3 atom stereocenters. The van der Waals surface area contributed by atoms with Gasteiger partial charge in [-0.3, -0.25) is 14.3 Å². The van der Waals surface area contributed by atoms with Crippen LogP contribution >= 0.6 is 58.0 Å². The summed E-state index contributed by atoms with van der Waals surface area (Å²) in [6.07, 6.45) is 0.973. The monoisotopic (exact) mass is 1080 g/mol. The van der Waals surface area contributed by atoms with Crippen molar-refractivity contribution in [2.75, 3.05) is 13.7 Å². The molecular weight excluding hydrogens is 1040 g/mol. The highest BCUT2D eigenvalue weighted by atomic mass is 35.5. The third kappa shape index (κ3) is 12.5. The molecule has 7 aromatic rings. The molecule has 15 nitrogen and oxygen atoms in total. The molecule has 1 amide bonds. The largest absolute Gasteiger partial charge is 0.586 e. The fraction of sp³-hybridized carbons (Fsp3) is 0.255. The van der Waals surface area contributed by atoms with E-state index in [0.29, 0.717) is 77.6 Å². The number of para-hydroxylation sites is 1. The smallest absolute Gasteiger partial charge is 0.457 e. The number of aromatic amines is 1. The standard InChI is InChI=1S/C19H17Cl2N3O3.C16H16Cl3F2N3O2.C12H6F2N2O2/c1-13-9-25-19(27-13,10-24-12-22-11-23-24)17-7-6-16(8-18(17)21)26-15-4-2-14(20)3-5-15;1-8(4-10-12(18)5-9(17)6-13(10)19)24(26-3)16(25)11-7-23(2)22-14(11)15(20)21;13-12(14)17-10-3-1-2-8(11(10)18-12)9-6-16-5-7(9)4-15/h2-8,11-13H,9-10H2,1H3;5-8,15H,4H2,1-3H3;1-3,5-6,16H. The topological polar surface area (TPSA) is 164 Å². The number of nitriles is 1. The van der Waals surface area contributed by atoms with Gasteiger partial charge in [-0.05, 0) is 86.5 Å². The normalized spacial score (nSPS) is 16.9. The van der Waals surface area contributed by atoms with Gasteiger partial charge >= 0.3 is 6.29 Å². The first-order valence-electron chi connectivity index (χ1n) is 21.0. The molecule has 1 fully saturated rings. The Bertz CT molecular complexity index is 3010. The van der Waals surface area contributed by atoms with Crippen LogP contribution in [-0.4, -0.2) is 72.7 Å². The number of alkyl halides is 4. The minimum Gasteiger partial charge on any atom is -0.457 e. The Labute approximate surface area is 428 Å².